The van der Waals surface area contributed by atoms with E-state index in [4.69, 9.17) is 21.1 Å². The van der Waals surface area contributed by atoms with Gasteiger partial charge < -0.3 is 9.47 Å². The van der Waals surface area contributed by atoms with Crippen LogP contribution in [0.2, 0.25) is 5.02 Å². The molecule has 0 bridgehead atoms. The lowest BCUT2D eigenvalue weighted by atomic mass is 10.0. The zero-order valence-electron chi connectivity index (χ0n) is 14.5. The number of halogens is 1. The number of carbonyl (C=O) groups excluding carboxylic acids is 2. The van der Waals surface area contributed by atoms with Crippen LogP contribution in [0.4, 0.5) is 0 Å². The third-order valence-electron chi connectivity index (χ3n) is 3.94. The molecule has 0 fully saturated rings. The summed E-state index contributed by atoms with van der Waals surface area (Å²) in [4.78, 5) is 23.5. The zero-order chi connectivity index (χ0) is 18.9. The Morgan fingerprint density at radius 2 is 1.77 bits per heavy atom. The lowest BCUT2D eigenvalue weighted by molar-refractivity contribution is -0.146. The van der Waals surface area contributed by atoms with Crippen molar-refractivity contribution in [3.8, 4) is 5.75 Å². The largest absolute Gasteiger partial charge is 0.443 e. The molecule has 1 amide bonds. The summed E-state index contributed by atoms with van der Waals surface area (Å²) in [5, 5.41) is 6.17. The average molecular weight is 373 g/mol. The van der Waals surface area contributed by atoms with Gasteiger partial charge in [0.05, 0.1) is 5.56 Å². The first-order valence-electron chi connectivity index (χ1n) is 7.93. The van der Waals surface area contributed by atoms with Crippen LogP contribution in [0.25, 0.3) is 0 Å². The Labute approximate surface area is 156 Å². The first-order valence-corrected chi connectivity index (χ1v) is 8.31. The fourth-order valence-corrected chi connectivity index (χ4v) is 2.87. The molecule has 1 unspecified atom stereocenters. The number of ether oxygens (including phenoxy) is 2. The van der Waals surface area contributed by atoms with Gasteiger partial charge in [-0.1, -0.05) is 35.9 Å². The lowest BCUT2D eigenvalue weighted by Gasteiger charge is -2.31. The number of hydrazone groups is 1. The van der Waals surface area contributed by atoms with Gasteiger partial charge in [0.1, 0.15) is 5.75 Å². The highest BCUT2D eigenvalue weighted by Crippen LogP contribution is 2.38. The molecule has 1 aliphatic rings. The van der Waals surface area contributed by atoms with Crippen LogP contribution < -0.4 is 4.74 Å². The van der Waals surface area contributed by atoms with Crippen LogP contribution in [0.15, 0.2) is 53.6 Å². The van der Waals surface area contributed by atoms with E-state index in [1.165, 1.54) is 18.9 Å². The molecule has 0 aliphatic carbocycles. The average Bonchev–Trinajstić information content (AvgIpc) is 2.94. The minimum absolute atomic E-state index is 0.189. The Morgan fingerprint density at radius 3 is 2.38 bits per heavy atom. The number of para-hydroxylation sites is 1. The molecule has 134 valence electrons. The predicted octanol–water partition coefficient (Wildman–Crippen LogP) is 3.68. The molecular formula is C19H17ClN2O4. The van der Waals surface area contributed by atoms with Crippen molar-refractivity contribution in [3.63, 3.8) is 0 Å². The van der Waals surface area contributed by atoms with Crippen molar-refractivity contribution in [3.05, 3.63) is 64.7 Å². The van der Waals surface area contributed by atoms with Crippen molar-refractivity contribution in [2.24, 2.45) is 5.10 Å². The Kier molecular flexibility index (Phi) is 4.70. The van der Waals surface area contributed by atoms with E-state index in [0.29, 0.717) is 21.9 Å². The van der Waals surface area contributed by atoms with Gasteiger partial charge in [-0.2, -0.15) is 5.01 Å². The second kappa shape index (κ2) is 6.80. The molecule has 7 heteroatoms. The fraction of sp³-hybridized carbons (Fsp3) is 0.211. The van der Waals surface area contributed by atoms with Gasteiger partial charge in [-0.25, -0.2) is 0 Å². The van der Waals surface area contributed by atoms with Gasteiger partial charge in [0.2, 0.25) is 17.5 Å². The van der Waals surface area contributed by atoms with Gasteiger partial charge in [0, 0.05) is 31.4 Å². The molecule has 0 N–H and O–H groups in total. The summed E-state index contributed by atoms with van der Waals surface area (Å²) < 4.78 is 11.3. The standard InChI is InChI=1S/C19H17ClN2O4/c1-12(23)22-19(3,14-8-10-15(20)11-9-14)26-18(21-22)16-6-4-5-7-17(16)25-13(2)24/h4-11H,1-3H3. The van der Waals surface area contributed by atoms with Gasteiger partial charge in [-0.05, 0) is 24.3 Å². The third kappa shape index (κ3) is 3.28. The summed E-state index contributed by atoms with van der Waals surface area (Å²) in [5.41, 5.74) is 0.0437. The van der Waals surface area contributed by atoms with Crippen molar-refractivity contribution < 1.29 is 19.1 Å². The van der Waals surface area contributed by atoms with Crippen LogP contribution in [0.1, 0.15) is 31.9 Å². The number of rotatable bonds is 3. The molecule has 26 heavy (non-hydrogen) atoms. The number of nitrogens with zero attached hydrogens (tertiary/aromatic N) is 2. The molecule has 6 nitrogen and oxygen atoms in total. The van der Waals surface area contributed by atoms with E-state index in [1.807, 2.05) is 0 Å². The Balaban J connectivity index is 2.04. The second-order valence-electron chi connectivity index (χ2n) is 5.92. The number of hydrogen-bond donors (Lipinski definition) is 0. The molecule has 0 saturated heterocycles. The van der Waals surface area contributed by atoms with Gasteiger partial charge >= 0.3 is 5.97 Å². The van der Waals surface area contributed by atoms with Gasteiger partial charge in [0.25, 0.3) is 0 Å². The third-order valence-corrected chi connectivity index (χ3v) is 4.19. The molecule has 0 spiro atoms. The number of hydrogen-bond acceptors (Lipinski definition) is 5. The summed E-state index contributed by atoms with van der Waals surface area (Å²) in [6, 6.07) is 13.8. The number of esters is 1. The van der Waals surface area contributed by atoms with E-state index < -0.39 is 11.7 Å². The highest BCUT2D eigenvalue weighted by molar-refractivity contribution is 6.30. The Bertz CT molecular complexity index is 895. The topological polar surface area (TPSA) is 68.2 Å². The number of carbonyl (C=O) groups is 2. The quantitative estimate of drug-likeness (QED) is 0.608. The normalized spacial score (nSPS) is 18.9. The molecule has 1 heterocycles. The summed E-state index contributed by atoms with van der Waals surface area (Å²) in [6.07, 6.45) is 0. The Morgan fingerprint density at radius 1 is 1.12 bits per heavy atom. The molecule has 2 aromatic carbocycles. The zero-order valence-corrected chi connectivity index (χ0v) is 15.3. The van der Waals surface area contributed by atoms with Crippen molar-refractivity contribution >= 4 is 29.4 Å². The van der Waals surface area contributed by atoms with E-state index in [9.17, 15) is 9.59 Å². The summed E-state index contributed by atoms with van der Waals surface area (Å²) in [7, 11) is 0. The first kappa shape index (κ1) is 17.9. The van der Waals surface area contributed by atoms with Crippen LogP contribution >= 0.6 is 11.6 Å². The van der Waals surface area contributed by atoms with Crippen LogP contribution in [0.5, 0.6) is 5.75 Å². The van der Waals surface area contributed by atoms with E-state index in [1.54, 1.807) is 55.5 Å². The molecule has 1 atom stereocenters. The highest BCUT2D eigenvalue weighted by atomic mass is 35.5. The van der Waals surface area contributed by atoms with Crippen molar-refractivity contribution in [1.29, 1.82) is 0 Å². The van der Waals surface area contributed by atoms with Gasteiger partial charge in [-0.15, -0.1) is 5.10 Å². The van der Waals surface area contributed by atoms with Gasteiger partial charge in [-0.3, -0.25) is 9.59 Å². The highest BCUT2D eigenvalue weighted by Gasteiger charge is 2.45. The monoisotopic (exact) mass is 372 g/mol. The molecule has 0 radical (unpaired) electrons. The van der Waals surface area contributed by atoms with E-state index in [-0.39, 0.29) is 11.8 Å². The second-order valence-corrected chi connectivity index (χ2v) is 6.35. The van der Waals surface area contributed by atoms with Crippen molar-refractivity contribution in [1.82, 2.24) is 5.01 Å². The maximum Gasteiger partial charge on any atom is 0.308 e. The fourth-order valence-electron chi connectivity index (χ4n) is 2.75. The van der Waals surface area contributed by atoms with Crippen molar-refractivity contribution in [2.75, 3.05) is 0 Å². The van der Waals surface area contributed by atoms with Crippen LogP contribution in [0.3, 0.4) is 0 Å². The summed E-state index contributed by atoms with van der Waals surface area (Å²) in [5.74, 6) is -0.251. The minimum Gasteiger partial charge on any atom is -0.443 e. The molecule has 2 aromatic rings. The maximum atomic E-state index is 12.2. The number of amides is 1. The van der Waals surface area contributed by atoms with Crippen LogP contribution in [0, 0.1) is 0 Å². The summed E-state index contributed by atoms with van der Waals surface area (Å²) in [6.45, 7) is 4.46. The molecule has 0 saturated carbocycles. The van der Waals surface area contributed by atoms with Crippen LogP contribution in [-0.2, 0) is 20.1 Å². The molecule has 3 rings (SSSR count). The summed E-state index contributed by atoms with van der Waals surface area (Å²) >= 11 is 5.96. The van der Waals surface area contributed by atoms with E-state index >= 15 is 0 Å². The van der Waals surface area contributed by atoms with Crippen LogP contribution in [-0.4, -0.2) is 22.8 Å². The lowest BCUT2D eigenvalue weighted by Crippen LogP contribution is -2.41. The Hall–Kier alpha value is -2.86. The van der Waals surface area contributed by atoms with E-state index in [2.05, 4.69) is 5.10 Å². The molecular weight excluding hydrogens is 356 g/mol. The van der Waals surface area contributed by atoms with Gasteiger partial charge in [0.15, 0.2) is 0 Å². The van der Waals surface area contributed by atoms with E-state index in [0.717, 1.165) is 0 Å². The maximum absolute atomic E-state index is 12.2. The minimum atomic E-state index is -1.14. The predicted molar refractivity (Wildman–Crippen MR) is 96.7 cm³/mol. The SMILES string of the molecule is CC(=O)Oc1ccccc1C1=NN(C(C)=O)C(C)(c2ccc(Cl)cc2)O1. The smallest absolute Gasteiger partial charge is 0.308 e. The van der Waals surface area contributed by atoms with Crippen molar-refractivity contribution in [2.45, 2.75) is 26.5 Å². The number of benzene rings is 2. The molecule has 0 aromatic heterocycles. The molecule has 1 aliphatic heterocycles. The first-order chi connectivity index (χ1) is 12.3.